The molecule has 1 aliphatic rings. The molecule has 0 aliphatic carbocycles. The molecule has 1 unspecified atom stereocenters. The first-order valence-corrected chi connectivity index (χ1v) is 11.6. The molecule has 6 nitrogen and oxygen atoms in total. The molecule has 1 amide bonds. The van der Waals surface area contributed by atoms with Crippen molar-refractivity contribution >= 4 is 21.6 Å². The number of carbonyl (C=O) groups is 1. The van der Waals surface area contributed by atoms with E-state index in [4.69, 9.17) is 0 Å². The highest BCUT2D eigenvalue weighted by Gasteiger charge is 2.21. The zero-order valence-electron chi connectivity index (χ0n) is 17.0. The predicted octanol–water partition coefficient (Wildman–Crippen LogP) is 3.40. The number of likely N-dealkylation sites (tertiary alicyclic amines) is 1. The maximum Gasteiger partial charge on any atom is 0.261 e. The van der Waals surface area contributed by atoms with Crippen LogP contribution in [0.1, 0.15) is 42.1 Å². The summed E-state index contributed by atoms with van der Waals surface area (Å²) in [5.41, 5.74) is 2.01. The first kappa shape index (κ1) is 21.3. The minimum atomic E-state index is -3.70. The lowest BCUT2D eigenvalue weighted by Crippen LogP contribution is -2.42. The van der Waals surface area contributed by atoms with Gasteiger partial charge in [-0.1, -0.05) is 24.6 Å². The van der Waals surface area contributed by atoms with Crippen LogP contribution in [-0.2, 0) is 10.0 Å². The molecule has 1 heterocycles. The van der Waals surface area contributed by atoms with Gasteiger partial charge in [-0.25, -0.2) is 8.42 Å². The number of amides is 1. The highest BCUT2D eigenvalue weighted by molar-refractivity contribution is 7.92. The van der Waals surface area contributed by atoms with Crippen LogP contribution < -0.4 is 10.0 Å². The number of carbonyl (C=O) groups excluding carboxylic acids is 1. The molecule has 0 saturated carbocycles. The van der Waals surface area contributed by atoms with Crippen LogP contribution >= 0.6 is 0 Å². The fourth-order valence-electron chi connectivity index (χ4n) is 3.57. The van der Waals surface area contributed by atoms with Gasteiger partial charge in [-0.3, -0.25) is 14.4 Å². The second-order valence-electron chi connectivity index (χ2n) is 7.51. The SMILES string of the molecule is CCC(CNC(=O)c1ccc(S(=O)(=O)Nc2ccc(C)cc2)cc1)N1CCCC1. The van der Waals surface area contributed by atoms with Crippen molar-refractivity contribution in [2.45, 2.75) is 44.0 Å². The summed E-state index contributed by atoms with van der Waals surface area (Å²) in [6.07, 6.45) is 3.43. The van der Waals surface area contributed by atoms with Crippen molar-refractivity contribution in [2.24, 2.45) is 0 Å². The van der Waals surface area contributed by atoms with Crippen LogP contribution in [0.5, 0.6) is 0 Å². The van der Waals surface area contributed by atoms with Crippen molar-refractivity contribution in [3.63, 3.8) is 0 Å². The van der Waals surface area contributed by atoms with E-state index >= 15 is 0 Å². The minimum absolute atomic E-state index is 0.123. The quantitative estimate of drug-likeness (QED) is 0.693. The number of benzene rings is 2. The first-order valence-electron chi connectivity index (χ1n) is 10.1. The summed E-state index contributed by atoms with van der Waals surface area (Å²) < 4.78 is 27.7. The number of anilines is 1. The van der Waals surface area contributed by atoms with Crippen LogP contribution in [0.4, 0.5) is 5.69 Å². The maximum absolute atomic E-state index is 12.6. The Balaban J connectivity index is 1.61. The van der Waals surface area contributed by atoms with Gasteiger partial charge in [0.1, 0.15) is 0 Å². The van der Waals surface area contributed by atoms with E-state index in [9.17, 15) is 13.2 Å². The third-order valence-corrected chi connectivity index (χ3v) is 6.75. The Morgan fingerprint density at radius 2 is 1.66 bits per heavy atom. The molecule has 2 N–H and O–H groups in total. The lowest BCUT2D eigenvalue weighted by molar-refractivity contribution is 0.0937. The molecule has 3 rings (SSSR count). The normalized spacial score (nSPS) is 15.8. The third kappa shape index (κ3) is 5.58. The second-order valence-corrected chi connectivity index (χ2v) is 9.19. The number of sulfonamides is 1. The Hall–Kier alpha value is -2.38. The van der Waals surface area contributed by atoms with E-state index in [2.05, 4.69) is 21.9 Å². The Labute approximate surface area is 173 Å². The van der Waals surface area contributed by atoms with Crippen LogP contribution in [0.2, 0.25) is 0 Å². The molecule has 2 aromatic rings. The van der Waals surface area contributed by atoms with Crippen molar-refractivity contribution in [3.05, 3.63) is 59.7 Å². The van der Waals surface area contributed by atoms with E-state index < -0.39 is 10.0 Å². The van der Waals surface area contributed by atoms with Crippen LogP contribution in [0, 0.1) is 6.92 Å². The maximum atomic E-state index is 12.6. The molecule has 1 fully saturated rings. The fourth-order valence-corrected chi connectivity index (χ4v) is 4.63. The number of hydrogen-bond donors (Lipinski definition) is 2. The fraction of sp³-hybridized carbons (Fsp3) is 0.409. The van der Waals surface area contributed by atoms with E-state index in [0.29, 0.717) is 23.8 Å². The molecule has 29 heavy (non-hydrogen) atoms. The van der Waals surface area contributed by atoms with Gasteiger partial charge < -0.3 is 5.32 Å². The smallest absolute Gasteiger partial charge is 0.261 e. The largest absolute Gasteiger partial charge is 0.350 e. The highest BCUT2D eigenvalue weighted by Crippen LogP contribution is 2.18. The molecule has 156 valence electrons. The van der Waals surface area contributed by atoms with Crippen molar-refractivity contribution < 1.29 is 13.2 Å². The molecule has 1 aliphatic heterocycles. The third-order valence-electron chi connectivity index (χ3n) is 5.36. The van der Waals surface area contributed by atoms with Crippen LogP contribution in [0.25, 0.3) is 0 Å². The van der Waals surface area contributed by atoms with Crippen LogP contribution in [0.15, 0.2) is 53.4 Å². The monoisotopic (exact) mass is 415 g/mol. The molecule has 0 spiro atoms. The van der Waals surface area contributed by atoms with Gasteiger partial charge in [0.05, 0.1) is 4.90 Å². The summed E-state index contributed by atoms with van der Waals surface area (Å²) in [5, 5.41) is 2.98. The average molecular weight is 416 g/mol. The molecule has 0 radical (unpaired) electrons. The summed E-state index contributed by atoms with van der Waals surface area (Å²) in [5.74, 6) is -0.182. The van der Waals surface area contributed by atoms with Gasteiger partial charge in [0.15, 0.2) is 0 Å². The number of aryl methyl sites for hydroxylation is 1. The Morgan fingerprint density at radius 1 is 1.03 bits per heavy atom. The first-order chi connectivity index (χ1) is 13.9. The Morgan fingerprint density at radius 3 is 2.24 bits per heavy atom. The summed E-state index contributed by atoms with van der Waals surface area (Å²) >= 11 is 0. The topological polar surface area (TPSA) is 78.5 Å². The molecule has 2 aromatic carbocycles. The standard InChI is InChI=1S/C22H29N3O3S/c1-3-20(25-14-4-5-15-25)16-23-22(26)18-8-12-21(13-9-18)29(27,28)24-19-10-6-17(2)7-11-19/h6-13,20,24H,3-5,14-16H2,1-2H3,(H,23,26). The van der Waals surface area contributed by atoms with Gasteiger partial charge in [-0.15, -0.1) is 0 Å². The zero-order chi connectivity index (χ0) is 20.9. The second kappa shape index (κ2) is 9.41. The summed E-state index contributed by atoms with van der Waals surface area (Å²) in [7, 11) is -3.70. The number of nitrogens with one attached hydrogen (secondary N) is 2. The van der Waals surface area contributed by atoms with Crippen molar-refractivity contribution in [1.82, 2.24) is 10.2 Å². The Bertz CT molecular complexity index is 919. The molecule has 7 heteroatoms. The Kier molecular flexibility index (Phi) is 6.92. The number of nitrogens with zero attached hydrogens (tertiary/aromatic N) is 1. The van der Waals surface area contributed by atoms with Crippen molar-refractivity contribution in [2.75, 3.05) is 24.4 Å². The molecule has 1 atom stereocenters. The molecular weight excluding hydrogens is 386 g/mol. The lowest BCUT2D eigenvalue weighted by Gasteiger charge is -2.26. The summed E-state index contributed by atoms with van der Waals surface area (Å²) in [4.78, 5) is 15.0. The zero-order valence-corrected chi connectivity index (χ0v) is 17.8. The van der Waals surface area contributed by atoms with E-state index in [0.717, 1.165) is 25.1 Å². The van der Waals surface area contributed by atoms with Crippen LogP contribution in [-0.4, -0.2) is 44.9 Å². The van der Waals surface area contributed by atoms with Crippen LogP contribution in [0.3, 0.4) is 0 Å². The van der Waals surface area contributed by atoms with E-state index in [-0.39, 0.29) is 10.8 Å². The van der Waals surface area contributed by atoms with Crippen molar-refractivity contribution in [1.29, 1.82) is 0 Å². The molecule has 1 saturated heterocycles. The van der Waals surface area contributed by atoms with Gasteiger partial charge in [0, 0.05) is 23.8 Å². The van der Waals surface area contributed by atoms with Gasteiger partial charge >= 0.3 is 0 Å². The van der Waals surface area contributed by atoms with Gasteiger partial charge in [-0.2, -0.15) is 0 Å². The predicted molar refractivity (Wildman–Crippen MR) is 116 cm³/mol. The average Bonchev–Trinajstić information content (AvgIpc) is 3.25. The number of rotatable bonds is 8. The van der Waals surface area contributed by atoms with E-state index in [1.807, 2.05) is 19.1 Å². The minimum Gasteiger partial charge on any atom is -0.350 e. The summed E-state index contributed by atoms with van der Waals surface area (Å²) in [6, 6.07) is 13.5. The molecule has 0 bridgehead atoms. The highest BCUT2D eigenvalue weighted by atomic mass is 32.2. The number of hydrogen-bond acceptors (Lipinski definition) is 4. The molecular formula is C22H29N3O3S. The van der Waals surface area contributed by atoms with Gasteiger partial charge in [0.2, 0.25) is 0 Å². The van der Waals surface area contributed by atoms with Crippen molar-refractivity contribution in [3.8, 4) is 0 Å². The van der Waals surface area contributed by atoms with E-state index in [1.165, 1.54) is 25.0 Å². The lowest BCUT2D eigenvalue weighted by atomic mass is 10.1. The summed E-state index contributed by atoms with van der Waals surface area (Å²) in [6.45, 7) is 6.86. The van der Waals surface area contributed by atoms with Gasteiger partial charge in [0.25, 0.3) is 15.9 Å². The van der Waals surface area contributed by atoms with Gasteiger partial charge in [-0.05, 0) is 75.7 Å². The van der Waals surface area contributed by atoms with E-state index in [1.54, 1.807) is 24.3 Å². The molecule has 0 aromatic heterocycles.